The first-order valence-corrected chi connectivity index (χ1v) is 5.41. The molecule has 4 nitrogen and oxygen atoms in total. The van der Waals surface area contributed by atoms with E-state index in [1.165, 1.54) is 0 Å². The van der Waals surface area contributed by atoms with Crippen LogP contribution < -0.4 is 5.32 Å². The molecule has 0 saturated heterocycles. The first-order valence-electron chi connectivity index (χ1n) is 5.03. The standard InChI is InChI=1S/C11H12ClN3O/c1-13-7-6-10-14-11(15-16-10)8-4-2-3-5-9(8)12/h2-5,13H,6-7H2,1H3. The van der Waals surface area contributed by atoms with Crippen molar-refractivity contribution >= 4 is 11.6 Å². The quantitative estimate of drug-likeness (QED) is 0.885. The molecule has 1 aromatic heterocycles. The first kappa shape index (κ1) is 11.1. The van der Waals surface area contributed by atoms with E-state index in [4.69, 9.17) is 16.1 Å². The van der Waals surface area contributed by atoms with Gasteiger partial charge < -0.3 is 9.84 Å². The second kappa shape index (κ2) is 5.09. The highest BCUT2D eigenvalue weighted by Crippen LogP contribution is 2.24. The Labute approximate surface area is 98.6 Å². The first-order chi connectivity index (χ1) is 7.81. The molecular weight excluding hydrogens is 226 g/mol. The molecule has 0 spiro atoms. The molecule has 0 aliphatic rings. The fraction of sp³-hybridized carbons (Fsp3) is 0.273. The number of hydrogen-bond acceptors (Lipinski definition) is 4. The summed E-state index contributed by atoms with van der Waals surface area (Å²) in [7, 11) is 1.88. The SMILES string of the molecule is CNCCc1nc(-c2ccccc2Cl)no1. The van der Waals surface area contributed by atoms with Crippen LogP contribution in [0.25, 0.3) is 11.4 Å². The van der Waals surface area contributed by atoms with Crippen LogP contribution in [0.15, 0.2) is 28.8 Å². The Hall–Kier alpha value is -1.39. The Bertz CT molecular complexity index is 470. The highest BCUT2D eigenvalue weighted by molar-refractivity contribution is 6.33. The van der Waals surface area contributed by atoms with Crippen LogP contribution in [0.3, 0.4) is 0 Å². The third kappa shape index (κ3) is 2.40. The molecule has 84 valence electrons. The third-order valence-corrected chi connectivity index (χ3v) is 2.50. The van der Waals surface area contributed by atoms with Gasteiger partial charge in [0, 0.05) is 18.5 Å². The molecule has 0 radical (unpaired) electrons. The minimum atomic E-state index is 0.539. The minimum absolute atomic E-state index is 0.539. The molecule has 0 amide bonds. The van der Waals surface area contributed by atoms with Crippen molar-refractivity contribution in [3.8, 4) is 11.4 Å². The topological polar surface area (TPSA) is 51.0 Å². The van der Waals surface area contributed by atoms with Crippen LogP contribution >= 0.6 is 11.6 Å². The van der Waals surface area contributed by atoms with Crippen molar-refractivity contribution in [3.05, 3.63) is 35.2 Å². The maximum Gasteiger partial charge on any atom is 0.228 e. The number of benzene rings is 1. The molecule has 2 aromatic rings. The van der Waals surface area contributed by atoms with Crippen molar-refractivity contribution in [2.75, 3.05) is 13.6 Å². The Balaban J connectivity index is 2.22. The molecule has 0 fully saturated rings. The Morgan fingerprint density at radius 3 is 2.94 bits per heavy atom. The van der Waals surface area contributed by atoms with Crippen LogP contribution in [-0.4, -0.2) is 23.7 Å². The van der Waals surface area contributed by atoms with Crippen LogP contribution in [0, 0.1) is 0 Å². The Kier molecular flexibility index (Phi) is 3.54. The summed E-state index contributed by atoms with van der Waals surface area (Å²) >= 11 is 6.04. The maximum absolute atomic E-state index is 6.04. The fourth-order valence-corrected chi connectivity index (χ4v) is 1.56. The summed E-state index contributed by atoms with van der Waals surface area (Å²) in [5.41, 5.74) is 0.795. The maximum atomic E-state index is 6.04. The van der Waals surface area contributed by atoms with E-state index in [9.17, 15) is 0 Å². The molecule has 16 heavy (non-hydrogen) atoms. The summed E-state index contributed by atoms with van der Waals surface area (Å²) in [6.07, 6.45) is 0.716. The summed E-state index contributed by atoms with van der Waals surface area (Å²) in [4.78, 5) is 4.28. The molecule has 0 aliphatic carbocycles. The average Bonchev–Trinajstić information content (AvgIpc) is 2.75. The number of nitrogens with one attached hydrogen (secondary N) is 1. The van der Waals surface area contributed by atoms with Crippen LogP contribution in [-0.2, 0) is 6.42 Å². The van der Waals surface area contributed by atoms with Gasteiger partial charge in [-0.1, -0.05) is 28.9 Å². The monoisotopic (exact) mass is 237 g/mol. The van der Waals surface area contributed by atoms with Crippen LogP contribution in [0.1, 0.15) is 5.89 Å². The molecule has 0 aliphatic heterocycles. The van der Waals surface area contributed by atoms with Crippen LogP contribution in [0.2, 0.25) is 5.02 Å². The van der Waals surface area contributed by atoms with Crippen molar-refractivity contribution in [3.63, 3.8) is 0 Å². The number of hydrogen-bond donors (Lipinski definition) is 1. The Morgan fingerprint density at radius 1 is 1.38 bits per heavy atom. The van der Waals surface area contributed by atoms with Crippen molar-refractivity contribution in [1.29, 1.82) is 0 Å². The van der Waals surface area contributed by atoms with Gasteiger partial charge in [-0.3, -0.25) is 0 Å². The summed E-state index contributed by atoms with van der Waals surface area (Å²) < 4.78 is 5.12. The van der Waals surface area contributed by atoms with Crippen molar-refractivity contribution < 1.29 is 4.52 Å². The van der Waals surface area contributed by atoms with Gasteiger partial charge in [0.2, 0.25) is 11.7 Å². The highest BCUT2D eigenvalue weighted by Gasteiger charge is 2.10. The summed E-state index contributed by atoms with van der Waals surface area (Å²) in [5, 5.41) is 7.55. The van der Waals surface area contributed by atoms with Crippen molar-refractivity contribution in [1.82, 2.24) is 15.5 Å². The number of aromatic nitrogens is 2. The lowest BCUT2D eigenvalue weighted by molar-refractivity contribution is 0.377. The molecule has 0 bridgehead atoms. The van der Waals surface area contributed by atoms with Gasteiger partial charge in [0.15, 0.2) is 0 Å². The zero-order chi connectivity index (χ0) is 11.4. The predicted octanol–water partition coefficient (Wildman–Crippen LogP) is 2.15. The number of rotatable bonds is 4. The third-order valence-electron chi connectivity index (χ3n) is 2.17. The van der Waals surface area contributed by atoms with E-state index < -0.39 is 0 Å². The molecule has 1 N–H and O–H groups in total. The molecule has 5 heteroatoms. The molecule has 2 rings (SSSR count). The second-order valence-electron chi connectivity index (χ2n) is 3.35. The summed E-state index contributed by atoms with van der Waals surface area (Å²) in [5.74, 6) is 1.15. The molecule has 0 saturated carbocycles. The molecule has 0 atom stereocenters. The van der Waals surface area contributed by atoms with E-state index in [2.05, 4.69) is 15.5 Å². The number of nitrogens with zero attached hydrogens (tertiary/aromatic N) is 2. The lowest BCUT2D eigenvalue weighted by atomic mass is 10.2. The lowest BCUT2D eigenvalue weighted by Gasteiger charge is -1.96. The van der Waals surface area contributed by atoms with Crippen LogP contribution in [0.4, 0.5) is 0 Å². The average molecular weight is 238 g/mol. The largest absolute Gasteiger partial charge is 0.339 e. The van der Waals surface area contributed by atoms with E-state index in [0.717, 1.165) is 12.1 Å². The van der Waals surface area contributed by atoms with Gasteiger partial charge >= 0.3 is 0 Å². The summed E-state index contributed by atoms with van der Waals surface area (Å²) in [6.45, 7) is 0.810. The second-order valence-corrected chi connectivity index (χ2v) is 3.75. The Morgan fingerprint density at radius 2 is 2.19 bits per heavy atom. The van der Waals surface area contributed by atoms with Gasteiger partial charge in [-0.15, -0.1) is 0 Å². The minimum Gasteiger partial charge on any atom is -0.339 e. The predicted molar refractivity (Wildman–Crippen MR) is 62.4 cm³/mol. The molecule has 1 aromatic carbocycles. The van der Waals surface area contributed by atoms with Gasteiger partial charge in [-0.2, -0.15) is 4.98 Å². The fourth-order valence-electron chi connectivity index (χ4n) is 1.34. The van der Waals surface area contributed by atoms with E-state index in [-0.39, 0.29) is 0 Å². The summed E-state index contributed by atoms with van der Waals surface area (Å²) in [6, 6.07) is 7.44. The van der Waals surface area contributed by atoms with Gasteiger partial charge in [0.05, 0.1) is 5.02 Å². The van der Waals surface area contributed by atoms with Gasteiger partial charge in [0.1, 0.15) is 0 Å². The molecule has 0 unspecified atom stereocenters. The smallest absolute Gasteiger partial charge is 0.228 e. The van der Waals surface area contributed by atoms with E-state index in [1.54, 1.807) is 6.07 Å². The highest BCUT2D eigenvalue weighted by atomic mass is 35.5. The zero-order valence-corrected chi connectivity index (χ0v) is 9.66. The van der Waals surface area contributed by atoms with Crippen molar-refractivity contribution in [2.24, 2.45) is 0 Å². The van der Waals surface area contributed by atoms with Gasteiger partial charge in [-0.05, 0) is 19.2 Å². The molecule has 1 heterocycles. The van der Waals surface area contributed by atoms with Crippen molar-refractivity contribution in [2.45, 2.75) is 6.42 Å². The van der Waals surface area contributed by atoms with E-state index in [1.807, 2.05) is 25.2 Å². The number of likely N-dealkylation sites (N-methyl/N-ethyl adjacent to an activating group) is 1. The number of halogens is 1. The van der Waals surface area contributed by atoms with Gasteiger partial charge in [0.25, 0.3) is 0 Å². The van der Waals surface area contributed by atoms with E-state index in [0.29, 0.717) is 23.2 Å². The lowest BCUT2D eigenvalue weighted by Crippen LogP contribution is -2.10. The zero-order valence-electron chi connectivity index (χ0n) is 8.90. The van der Waals surface area contributed by atoms with Gasteiger partial charge in [-0.25, -0.2) is 0 Å². The van der Waals surface area contributed by atoms with Crippen LogP contribution in [0.5, 0.6) is 0 Å². The van der Waals surface area contributed by atoms with E-state index >= 15 is 0 Å². The molecular formula is C11H12ClN3O. The normalized spacial score (nSPS) is 10.6.